The quantitative estimate of drug-likeness (QED) is 0.504. The van der Waals surface area contributed by atoms with Gasteiger partial charge >= 0.3 is 5.63 Å². The van der Waals surface area contributed by atoms with Crippen molar-refractivity contribution in [3.63, 3.8) is 0 Å². The molecule has 0 saturated carbocycles. The summed E-state index contributed by atoms with van der Waals surface area (Å²) in [7, 11) is -5.82. The second-order valence-electron chi connectivity index (χ2n) is 6.24. The first kappa shape index (κ1) is 21.6. The lowest BCUT2D eigenvalue weighted by Crippen LogP contribution is -2.21. The lowest BCUT2D eigenvalue weighted by atomic mass is 10.2. The van der Waals surface area contributed by atoms with Crippen molar-refractivity contribution in [1.82, 2.24) is 0 Å². The summed E-state index contributed by atoms with van der Waals surface area (Å²) in [5.41, 5.74) is -0.489. The SMILES string of the molecule is COc1ccc(C=CS(=O)(=O)CS(=O)(=O)c2cc3c(OC)cccc3oc2=O)cc1. The first-order valence-electron chi connectivity index (χ1n) is 8.54. The maximum Gasteiger partial charge on any atom is 0.355 e. The maximum atomic E-state index is 12.7. The normalized spacial score (nSPS) is 12.3. The second kappa shape index (κ2) is 8.33. The lowest BCUT2D eigenvalue weighted by Gasteiger charge is -2.07. The van der Waals surface area contributed by atoms with Gasteiger partial charge < -0.3 is 13.9 Å². The van der Waals surface area contributed by atoms with Gasteiger partial charge in [-0.3, -0.25) is 0 Å². The van der Waals surface area contributed by atoms with Crippen LogP contribution in [0.4, 0.5) is 0 Å². The molecule has 30 heavy (non-hydrogen) atoms. The van der Waals surface area contributed by atoms with Gasteiger partial charge in [0, 0.05) is 5.41 Å². The van der Waals surface area contributed by atoms with Crippen LogP contribution in [0.2, 0.25) is 0 Å². The third kappa shape index (κ3) is 4.71. The fourth-order valence-corrected chi connectivity index (χ4v) is 6.22. The van der Waals surface area contributed by atoms with Gasteiger partial charge in [-0.15, -0.1) is 0 Å². The second-order valence-corrected chi connectivity index (χ2v) is 10.5. The number of sulfone groups is 2. The monoisotopic (exact) mass is 450 g/mol. The van der Waals surface area contributed by atoms with E-state index in [1.165, 1.54) is 26.4 Å². The van der Waals surface area contributed by atoms with Crippen LogP contribution in [-0.2, 0) is 19.7 Å². The molecule has 0 radical (unpaired) electrons. The lowest BCUT2D eigenvalue weighted by molar-refractivity contribution is 0.415. The Kier molecular flexibility index (Phi) is 5.99. The van der Waals surface area contributed by atoms with E-state index < -0.39 is 35.3 Å². The molecular weight excluding hydrogens is 432 g/mol. The summed E-state index contributed by atoms with van der Waals surface area (Å²) in [4.78, 5) is 11.4. The van der Waals surface area contributed by atoms with Crippen molar-refractivity contribution in [2.45, 2.75) is 4.90 Å². The molecule has 1 aromatic heterocycles. The average molecular weight is 450 g/mol. The molecule has 0 aliphatic rings. The summed E-state index contributed by atoms with van der Waals surface area (Å²) in [6.07, 6.45) is 1.26. The van der Waals surface area contributed by atoms with Gasteiger partial charge in [0.2, 0.25) is 0 Å². The predicted octanol–water partition coefficient (Wildman–Crippen LogP) is 2.63. The van der Waals surface area contributed by atoms with Crippen LogP contribution in [0.1, 0.15) is 5.56 Å². The van der Waals surface area contributed by atoms with Crippen molar-refractivity contribution in [2.24, 2.45) is 0 Å². The average Bonchev–Trinajstić information content (AvgIpc) is 2.70. The molecule has 0 fully saturated rings. The van der Waals surface area contributed by atoms with E-state index in [4.69, 9.17) is 13.9 Å². The van der Waals surface area contributed by atoms with Crippen molar-refractivity contribution in [3.05, 3.63) is 69.9 Å². The zero-order valence-corrected chi connectivity index (χ0v) is 17.7. The Balaban J connectivity index is 1.94. The molecule has 1 heterocycles. The van der Waals surface area contributed by atoms with Crippen LogP contribution < -0.4 is 15.1 Å². The Bertz CT molecular complexity index is 1370. The zero-order valence-electron chi connectivity index (χ0n) is 16.1. The minimum atomic E-state index is -4.50. The Morgan fingerprint density at radius 2 is 1.67 bits per heavy atom. The zero-order chi connectivity index (χ0) is 21.9. The molecule has 0 atom stereocenters. The highest BCUT2D eigenvalue weighted by Crippen LogP contribution is 2.26. The van der Waals surface area contributed by atoms with Crippen molar-refractivity contribution in [3.8, 4) is 11.5 Å². The van der Waals surface area contributed by atoms with Gasteiger partial charge in [-0.2, -0.15) is 0 Å². The Morgan fingerprint density at radius 3 is 2.30 bits per heavy atom. The molecule has 2 aromatic carbocycles. The first-order valence-corrected chi connectivity index (χ1v) is 11.9. The van der Waals surface area contributed by atoms with Crippen LogP contribution in [0.3, 0.4) is 0 Å². The molecule has 0 saturated heterocycles. The van der Waals surface area contributed by atoms with Crippen molar-refractivity contribution >= 4 is 36.7 Å². The highest BCUT2D eigenvalue weighted by molar-refractivity contribution is 8.09. The summed E-state index contributed by atoms with van der Waals surface area (Å²) in [5, 5.41) is -0.252. The molecule has 0 aliphatic carbocycles. The summed E-state index contributed by atoms with van der Waals surface area (Å²) < 4.78 is 65.3. The van der Waals surface area contributed by atoms with E-state index in [0.29, 0.717) is 11.3 Å². The molecule has 0 spiro atoms. The van der Waals surface area contributed by atoms with Crippen molar-refractivity contribution < 1.29 is 30.7 Å². The van der Waals surface area contributed by atoms with E-state index in [1.807, 2.05) is 0 Å². The van der Waals surface area contributed by atoms with Gasteiger partial charge in [0.15, 0.2) is 29.7 Å². The highest BCUT2D eigenvalue weighted by atomic mass is 32.3. The summed E-state index contributed by atoms with van der Waals surface area (Å²) in [6.45, 7) is 0. The minimum absolute atomic E-state index is 0.126. The third-order valence-corrected chi connectivity index (χ3v) is 8.22. The first-order chi connectivity index (χ1) is 14.1. The molecular formula is C20H18O8S2. The standard InChI is InChI=1S/C20H18O8S2/c1-26-15-8-6-14(7-9-15)10-11-29(22,23)13-30(24,25)19-12-16-17(27-2)4-3-5-18(16)28-20(19)21/h3-12H,13H2,1-2H3. The molecule has 10 heteroatoms. The predicted molar refractivity (Wildman–Crippen MR) is 112 cm³/mol. The van der Waals surface area contributed by atoms with Crippen LogP contribution >= 0.6 is 0 Å². The molecule has 3 aromatic rings. The smallest absolute Gasteiger partial charge is 0.355 e. The van der Waals surface area contributed by atoms with Crippen LogP contribution in [0, 0.1) is 0 Å². The molecule has 158 valence electrons. The van der Waals surface area contributed by atoms with Crippen LogP contribution in [0.25, 0.3) is 17.0 Å². The van der Waals surface area contributed by atoms with E-state index >= 15 is 0 Å². The Hall–Kier alpha value is -3.11. The van der Waals surface area contributed by atoms with Gasteiger partial charge in [-0.1, -0.05) is 18.2 Å². The van der Waals surface area contributed by atoms with Gasteiger partial charge in [0.25, 0.3) is 0 Å². The van der Waals surface area contributed by atoms with E-state index in [2.05, 4.69) is 0 Å². The molecule has 0 bridgehead atoms. The maximum absolute atomic E-state index is 12.7. The van der Waals surface area contributed by atoms with Gasteiger partial charge in [0.1, 0.15) is 17.1 Å². The van der Waals surface area contributed by atoms with E-state index in [9.17, 15) is 21.6 Å². The van der Waals surface area contributed by atoms with E-state index in [-0.39, 0.29) is 16.7 Å². The van der Waals surface area contributed by atoms with E-state index in [1.54, 1.807) is 36.4 Å². The van der Waals surface area contributed by atoms with Gasteiger partial charge in [-0.25, -0.2) is 21.6 Å². The number of fused-ring (bicyclic) bond motifs is 1. The molecule has 3 rings (SSSR count). The number of hydrogen-bond acceptors (Lipinski definition) is 8. The van der Waals surface area contributed by atoms with Crippen molar-refractivity contribution in [1.29, 1.82) is 0 Å². The topological polar surface area (TPSA) is 117 Å². The molecule has 0 unspecified atom stereocenters. The van der Waals surface area contributed by atoms with Gasteiger partial charge in [0.05, 0.1) is 19.6 Å². The third-order valence-electron chi connectivity index (χ3n) is 4.16. The number of ether oxygens (including phenoxy) is 2. The number of rotatable bonds is 7. The minimum Gasteiger partial charge on any atom is -0.497 e. The fourth-order valence-electron chi connectivity index (χ4n) is 2.71. The Labute approximate surface area is 173 Å². The summed E-state index contributed by atoms with van der Waals surface area (Å²) >= 11 is 0. The van der Waals surface area contributed by atoms with Crippen LogP contribution in [0.15, 0.2) is 68.0 Å². The summed E-state index contributed by atoms with van der Waals surface area (Å²) in [5.74, 6) is 0.881. The van der Waals surface area contributed by atoms with Crippen molar-refractivity contribution in [2.75, 3.05) is 19.3 Å². The van der Waals surface area contributed by atoms with Gasteiger partial charge in [-0.05, 0) is 42.0 Å². The largest absolute Gasteiger partial charge is 0.497 e. The molecule has 8 nitrogen and oxygen atoms in total. The highest BCUT2D eigenvalue weighted by Gasteiger charge is 2.27. The van der Waals surface area contributed by atoms with Crippen LogP contribution in [-0.4, -0.2) is 36.1 Å². The van der Waals surface area contributed by atoms with Crippen LogP contribution in [0.5, 0.6) is 11.5 Å². The van der Waals surface area contributed by atoms with E-state index in [0.717, 1.165) is 11.5 Å². The number of benzene rings is 2. The fraction of sp³-hybridized carbons (Fsp3) is 0.150. The number of methoxy groups -OCH3 is 2. The summed E-state index contributed by atoms with van der Waals surface area (Å²) in [6, 6.07) is 12.2. The Morgan fingerprint density at radius 1 is 0.967 bits per heavy atom. The molecule has 0 N–H and O–H groups in total. The molecule has 0 amide bonds. The molecule has 0 aliphatic heterocycles. The number of hydrogen-bond donors (Lipinski definition) is 0.